The van der Waals surface area contributed by atoms with E-state index in [1.165, 1.54) is 12.1 Å². The fourth-order valence-corrected chi connectivity index (χ4v) is 2.51. The van der Waals surface area contributed by atoms with E-state index in [0.29, 0.717) is 12.1 Å². The van der Waals surface area contributed by atoms with E-state index in [9.17, 15) is 8.78 Å². The van der Waals surface area contributed by atoms with Crippen molar-refractivity contribution in [2.45, 2.75) is 19.5 Å². The molecule has 1 aromatic heterocycles. The molecule has 1 unspecified atom stereocenters. The fraction of sp³-hybridized carbons (Fsp3) is 0.250. The standard InChI is InChI=1S/C12H13BrF2N4/c1-2-19-12(10(13)6-17-19)11(18-16)7-3-8(14)5-9(15)4-7/h3-6,11,18H,2,16H2,1H3. The highest BCUT2D eigenvalue weighted by Crippen LogP contribution is 2.28. The van der Waals surface area contributed by atoms with Crippen molar-refractivity contribution >= 4 is 15.9 Å². The molecule has 0 bridgehead atoms. The molecule has 0 aliphatic carbocycles. The molecule has 2 aromatic rings. The molecule has 0 aliphatic rings. The maximum absolute atomic E-state index is 13.3. The van der Waals surface area contributed by atoms with E-state index in [4.69, 9.17) is 5.84 Å². The Kier molecular flexibility index (Phi) is 4.28. The average Bonchev–Trinajstić information content (AvgIpc) is 2.71. The van der Waals surface area contributed by atoms with Crippen molar-refractivity contribution < 1.29 is 8.78 Å². The van der Waals surface area contributed by atoms with E-state index in [-0.39, 0.29) is 0 Å². The minimum Gasteiger partial charge on any atom is -0.271 e. The monoisotopic (exact) mass is 330 g/mol. The van der Waals surface area contributed by atoms with E-state index >= 15 is 0 Å². The third kappa shape index (κ3) is 2.83. The van der Waals surface area contributed by atoms with Gasteiger partial charge in [0.05, 0.1) is 22.4 Å². The van der Waals surface area contributed by atoms with E-state index < -0.39 is 17.7 Å². The normalized spacial score (nSPS) is 12.7. The quantitative estimate of drug-likeness (QED) is 0.669. The van der Waals surface area contributed by atoms with Gasteiger partial charge in [-0.05, 0) is 40.5 Å². The number of nitrogens with two attached hydrogens (primary N) is 1. The maximum Gasteiger partial charge on any atom is 0.126 e. The third-order valence-corrected chi connectivity index (χ3v) is 3.40. The Morgan fingerprint density at radius 1 is 1.37 bits per heavy atom. The summed E-state index contributed by atoms with van der Waals surface area (Å²) in [4.78, 5) is 0. The van der Waals surface area contributed by atoms with Crippen LogP contribution in [0.1, 0.15) is 24.2 Å². The molecule has 0 amide bonds. The molecule has 1 aromatic carbocycles. The molecule has 7 heteroatoms. The molecule has 0 fully saturated rings. The number of aryl methyl sites for hydroxylation is 1. The molecule has 0 saturated heterocycles. The second-order valence-electron chi connectivity index (χ2n) is 4.00. The van der Waals surface area contributed by atoms with Gasteiger partial charge in [-0.15, -0.1) is 0 Å². The van der Waals surface area contributed by atoms with E-state index in [1.54, 1.807) is 10.9 Å². The first-order valence-corrected chi connectivity index (χ1v) is 6.49. The van der Waals surface area contributed by atoms with E-state index in [2.05, 4.69) is 26.5 Å². The summed E-state index contributed by atoms with van der Waals surface area (Å²) >= 11 is 3.37. The zero-order chi connectivity index (χ0) is 14.0. The van der Waals surface area contributed by atoms with Crippen LogP contribution in [0.25, 0.3) is 0 Å². The van der Waals surface area contributed by atoms with Crippen molar-refractivity contribution in [3.8, 4) is 0 Å². The summed E-state index contributed by atoms with van der Waals surface area (Å²) in [6.45, 7) is 2.54. The molecular formula is C12H13BrF2N4. The minimum atomic E-state index is -0.645. The van der Waals surface area contributed by atoms with Crippen molar-refractivity contribution in [3.05, 3.63) is 51.8 Å². The van der Waals surface area contributed by atoms with Crippen molar-refractivity contribution in [3.63, 3.8) is 0 Å². The summed E-state index contributed by atoms with van der Waals surface area (Å²) in [5, 5.41) is 4.16. The van der Waals surface area contributed by atoms with Crippen molar-refractivity contribution in [2.24, 2.45) is 5.84 Å². The summed E-state index contributed by atoms with van der Waals surface area (Å²) in [5.74, 6) is 4.24. The number of rotatable bonds is 4. The summed E-state index contributed by atoms with van der Waals surface area (Å²) in [5.41, 5.74) is 3.68. The first kappa shape index (κ1) is 14.1. The smallest absolute Gasteiger partial charge is 0.126 e. The van der Waals surface area contributed by atoms with Crippen LogP contribution in [0.5, 0.6) is 0 Å². The van der Waals surface area contributed by atoms with Gasteiger partial charge in [0.2, 0.25) is 0 Å². The molecule has 4 nitrogen and oxygen atoms in total. The highest BCUT2D eigenvalue weighted by molar-refractivity contribution is 9.10. The Labute approximate surface area is 117 Å². The zero-order valence-corrected chi connectivity index (χ0v) is 11.8. The first-order chi connectivity index (χ1) is 9.06. The van der Waals surface area contributed by atoms with Gasteiger partial charge >= 0.3 is 0 Å². The predicted octanol–water partition coefficient (Wildman–Crippen LogP) is 2.50. The van der Waals surface area contributed by atoms with Gasteiger partial charge in [-0.3, -0.25) is 10.5 Å². The van der Waals surface area contributed by atoms with Crippen LogP contribution in [0, 0.1) is 11.6 Å². The van der Waals surface area contributed by atoms with Crippen molar-refractivity contribution in [2.75, 3.05) is 0 Å². The van der Waals surface area contributed by atoms with Crippen LogP contribution < -0.4 is 11.3 Å². The number of nitrogens with one attached hydrogen (secondary N) is 1. The molecule has 19 heavy (non-hydrogen) atoms. The highest BCUT2D eigenvalue weighted by Gasteiger charge is 2.21. The zero-order valence-electron chi connectivity index (χ0n) is 10.2. The second-order valence-corrected chi connectivity index (χ2v) is 4.85. The molecule has 1 atom stereocenters. The van der Waals surface area contributed by atoms with Gasteiger partial charge in [0, 0.05) is 12.6 Å². The Bertz CT molecular complexity index is 565. The Hall–Kier alpha value is -1.31. The lowest BCUT2D eigenvalue weighted by molar-refractivity contribution is 0.529. The van der Waals surface area contributed by atoms with Gasteiger partial charge in [0.25, 0.3) is 0 Å². The highest BCUT2D eigenvalue weighted by atomic mass is 79.9. The van der Waals surface area contributed by atoms with Gasteiger partial charge in [0.1, 0.15) is 11.6 Å². The average molecular weight is 331 g/mol. The van der Waals surface area contributed by atoms with Crippen molar-refractivity contribution in [1.29, 1.82) is 0 Å². The molecule has 2 rings (SSSR count). The Morgan fingerprint density at radius 3 is 2.53 bits per heavy atom. The lowest BCUT2D eigenvalue weighted by Crippen LogP contribution is -2.31. The van der Waals surface area contributed by atoms with Gasteiger partial charge in [-0.1, -0.05) is 0 Å². The Morgan fingerprint density at radius 2 is 2.00 bits per heavy atom. The maximum atomic E-state index is 13.3. The lowest BCUT2D eigenvalue weighted by atomic mass is 10.0. The van der Waals surface area contributed by atoms with Gasteiger partial charge < -0.3 is 0 Å². The van der Waals surface area contributed by atoms with Crippen molar-refractivity contribution in [1.82, 2.24) is 15.2 Å². The molecule has 0 aliphatic heterocycles. The fourth-order valence-electron chi connectivity index (χ4n) is 1.99. The van der Waals surface area contributed by atoms with Gasteiger partial charge in [-0.2, -0.15) is 5.10 Å². The van der Waals surface area contributed by atoms with Crippen LogP contribution in [-0.2, 0) is 6.54 Å². The topological polar surface area (TPSA) is 55.9 Å². The largest absolute Gasteiger partial charge is 0.271 e. The molecule has 0 radical (unpaired) electrons. The molecule has 1 heterocycles. The van der Waals surface area contributed by atoms with Crippen LogP contribution in [-0.4, -0.2) is 9.78 Å². The first-order valence-electron chi connectivity index (χ1n) is 5.70. The van der Waals surface area contributed by atoms with Crippen LogP contribution in [0.15, 0.2) is 28.9 Å². The number of halogens is 3. The molecule has 3 N–H and O–H groups in total. The second kappa shape index (κ2) is 5.77. The van der Waals surface area contributed by atoms with E-state index in [0.717, 1.165) is 16.2 Å². The van der Waals surface area contributed by atoms with Crippen LogP contribution in [0.2, 0.25) is 0 Å². The van der Waals surface area contributed by atoms with E-state index in [1.807, 2.05) is 6.92 Å². The number of benzene rings is 1. The number of nitrogens with zero attached hydrogens (tertiary/aromatic N) is 2. The summed E-state index contributed by atoms with van der Waals surface area (Å²) in [6.07, 6.45) is 1.62. The van der Waals surface area contributed by atoms with Gasteiger partial charge in [-0.25, -0.2) is 14.2 Å². The van der Waals surface area contributed by atoms with Gasteiger partial charge in [0.15, 0.2) is 0 Å². The minimum absolute atomic E-state index is 0.399. The summed E-state index contributed by atoms with van der Waals surface area (Å²) < 4.78 is 29.0. The third-order valence-electron chi connectivity index (χ3n) is 2.79. The summed E-state index contributed by atoms with van der Waals surface area (Å²) in [7, 11) is 0. The predicted molar refractivity (Wildman–Crippen MR) is 71.1 cm³/mol. The number of aromatic nitrogens is 2. The molecule has 0 spiro atoms. The lowest BCUT2D eigenvalue weighted by Gasteiger charge is -2.18. The molecular weight excluding hydrogens is 318 g/mol. The number of hydrogen-bond acceptors (Lipinski definition) is 3. The number of hydrazine groups is 1. The van der Waals surface area contributed by atoms with Crippen LogP contribution in [0.3, 0.4) is 0 Å². The molecule has 0 saturated carbocycles. The summed E-state index contributed by atoms with van der Waals surface area (Å²) in [6, 6.07) is 2.76. The SMILES string of the molecule is CCn1ncc(Br)c1C(NN)c1cc(F)cc(F)c1. The van der Waals surface area contributed by atoms with Crippen LogP contribution >= 0.6 is 15.9 Å². The Balaban J connectivity index is 2.52. The molecule has 102 valence electrons. The number of hydrogen-bond donors (Lipinski definition) is 2. The van der Waals surface area contributed by atoms with Crippen LogP contribution in [0.4, 0.5) is 8.78 Å².